The molecule has 32 heavy (non-hydrogen) atoms. The van der Waals surface area contributed by atoms with E-state index in [9.17, 15) is 20.0 Å². The van der Waals surface area contributed by atoms with E-state index in [4.69, 9.17) is 5.10 Å². The second-order valence-electron chi connectivity index (χ2n) is 8.57. The van der Waals surface area contributed by atoms with Crippen molar-refractivity contribution < 1.29 is 9.90 Å². The first-order valence-corrected chi connectivity index (χ1v) is 10.9. The third kappa shape index (κ3) is 3.19. The van der Waals surface area contributed by atoms with Crippen molar-refractivity contribution in [2.45, 2.75) is 51.2 Å². The molecule has 5 rings (SSSR count). The van der Waals surface area contributed by atoms with Crippen LogP contribution in [0.1, 0.15) is 55.8 Å². The summed E-state index contributed by atoms with van der Waals surface area (Å²) in [6.07, 6.45) is 4.40. The van der Waals surface area contributed by atoms with E-state index in [1.807, 2.05) is 35.9 Å². The fourth-order valence-corrected chi connectivity index (χ4v) is 5.08. The molecule has 0 spiro atoms. The molecule has 2 aliphatic rings. The molecule has 1 amide bonds. The molecule has 1 aliphatic heterocycles. The standard InChI is InChI=1S/C23H24N6O3/c1-13-17-7-6-16(10-15(17)12-28(13)23(31)32)26-21-20-19(8-9-25-22(20)30)29(27-21)18-5-3-2-4-14(18)11-24/h6-10,13-14,18H,2-5,12H2,1H3,(H,25,30)(H,26,27)(H,31,32). The number of fused-ring (bicyclic) bond motifs is 2. The van der Waals surface area contributed by atoms with E-state index in [2.05, 4.69) is 16.4 Å². The number of hydrogen-bond acceptors (Lipinski definition) is 5. The number of carboxylic acid groups (broad SMARTS) is 1. The lowest BCUT2D eigenvalue weighted by Crippen LogP contribution is -2.25. The van der Waals surface area contributed by atoms with E-state index in [0.29, 0.717) is 23.3 Å². The normalized spacial score (nSPS) is 22.5. The molecule has 0 radical (unpaired) electrons. The van der Waals surface area contributed by atoms with Gasteiger partial charge in [-0.3, -0.25) is 14.4 Å². The second-order valence-corrected chi connectivity index (χ2v) is 8.57. The molecule has 3 atom stereocenters. The Kier molecular flexibility index (Phi) is 4.85. The Balaban J connectivity index is 1.54. The highest BCUT2D eigenvalue weighted by Gasteiger charge is 2.31. The van der Waals surface area contributed by atoms with Crippen LogP contribution in [0.15, 0.2) is 35.3 Å². The Hall–Kier alpha value is -3.80. The first-order chi connectivity index (χ1) is 15.5. The van der Waals surface area contributed by atoms with Gasteiger partial charge in [-0.05, 0) is 49.1 Å². The van der Waals surface area contributed by atoms with E-state index in [1.165, 1.54) is 4.90 Å². The van der Waals surface area contributed by atoms with Gasteiger partial charge in [-0.2, -0.15) is 10.4 Å². The van der Waals surface area contributed by atoms with Crippen molar-refractivity contribution in [1.82, 2.24) is 19.7 Å². The van der Waals surface area contributed by atoms with Crippen LogP contribution in [-0.4, -0.2) is 30.9 Å². The maximum absolute atomic E-state index is 12.7. The van der Waals surface area contributed by atoms with E-state index in [-0.39, 0.29) is 23.6 Å². The zero-order valence-electron chi connectivity index (χ0n) is 17.7. The number of nitrogens with zero attached hydrogens (tertiary/aromatic N) is 4. The van der Waals surface area contributed by atoms with Gasteiger partial charge in [-0.15, -0.1) is 0 Å². The molecule has 1 aliphatic carbocycles. The maximum atomic E-state index is 12.7. The van der Waals surface area contributed by atoms with E-state index >= 15 is 0 Å². The van der Waals surface area contributed by atoms with Crippen molar-refractivity contribution in [2.24, 2.45) is 5.92 Å². The number of rotatable bonds is 3. The number of nitriles is 1. The Morgan fingerprint density at radius 2 is 2.12 bits per heavy atom. The number of H-pyrrole nitrogens is 1. The first kappa shape index (κ1) is 20.1. The summed E-state index contributed by atoms with van der Waals surface area (Å²) in [6, 6.07) is 9.68. The van der Waals surface area contributed by atoms with Crippen LogP contribution in [0.3, 0.4) is 0 Å². The van der Waals surface area contributed by atoms with Crippen LogP contribution in [-0.2, 0) is 6.54 Å². The van der Waals surface area contributed by atoms with Crippen LogP contribution in [0.2, 0.25) is 0 Å². The van der Waals surface area contributed by atoms with E-state index < -0.39 is 6.09 Å². The summed E-state index contributed by atoms with van der Waals surface area (Å²) in [5, 5.41) is 27.5. The fourth-order valence-electron chi connectivity index (χ4n) is 5.08. The van der Waals surface area contributed by atoms with Gasteiger partial charge in [0.05, 0.1) is 36.1 Å². The Labute approximate surface area is 184 Å². The molecule has 2 aromatic heterocycles. The second kappa shape index (κ2) is 7.71. The SMILES string of the molecule is CC1c2ccc(Nc3nn(C4CCCCC4C#N)c4cc[nH]c(=O)c34)cc2CN1C(=O)O. The molecular formula is C23H24N6O3. The maximum Gasteiger partial charge on any atom is 0.408 e. The third-order valence-electron chi connectivity index (χ3n) is 6.75. The van der Waals surface area contributed by atoms with Crippen molar-refractivity contribution in [3.63, 3.8) is 0 Å². The number of carbonyl (C=O) groups is 1. The molecule has 0 saturated heterocycles. The molecule has 1 fully saturated rings. The summed E-state index contributed by atoms with van der Waals surface area (Å²) in [5.74, 6) is 0.299. The topological polar surface area (TPSA) is 127 Å². The predicted octanol–water partition coefficient (Wildman–Crippen LogP) is 4.28. The van der Waals surface area contributed by atoms with Crippen molar-refractivity contribution in [2.75, 3.05) is 5.32 Å². The van der Waals surface area contributed by atoms with Crippen molar-refractivity contribution in [3.8, 4) is 6.07 Å². The number of aromatic nitrogens is 3. The highest BCUT2D eigenvalue weighted by atomic mass is 16.4. The average molecular weight is 432 g/mol. The minimum Gasteiger partial charge on any atom is -0.465 e. The van der Waals surface area contributed by atoms with Crippen LogP contribution in [0.5, 0.6) is 0 Å². The van der Waals surface area contributed by atoms with Gasteiger partial charge in [-0.25, -0.2) is 4.79 Å². The third-order valence-corrected chi connectivity index (χ3v) is 6.75. The quantitative estimate of drug-likeness (QED) is 0.567. The van der Waals surface area contributed by atoms with Crippen LogP contribution in [0, 0.1) is 17.2 Å². The summed E-state index contributed by atoms with van der Waals surface area (Å²) in [7, 11) is 0. The molecule has 1 aromatic carbocycles. The minimum absolute atomic E-state index is 0.0707. The van der Waals surface area contributed by atoms with E-state index in [0.717, 1.165) is 42.5 Å². The summed E-state index contributed by atoms with van der Waals surface area (Å²) < 4.78 is 1.83. The van der Waals surface area contributed by atoms with Crippen LogP contribution in [0.25, 0.3) is 10.9 Å². The summed E-state index contributed by atoms with van der Waals surface area (Å²) in [4.78, 5) is 28.3. The first-order valence-electron chi connectivity index (χ1n) is 10.9. The fraction of sp³-hybridized carbons (Fsp3) is 0.391. The molecule has 3 unspecified atom stereocenters. The predicted molar refractivity (Wildman–Crippen MR) is 119 cm³/mol. The van der Waals surface area contributed by atoms with Gasteiger partial charge in [0.15, 0.2) is 5.82 Å². The number of pyridine rings is 1. The summed E-state index contributed by atoms with van der Waals surface area (Å²) in [6.45, 7) is 2.20. The van der Waals surface area contributed by atoms with Crippen molar-refractivity contribution in [1.29, 1.82) is 5.26 Å². The number of anilines is 2. The van der Waals surface area contributed by atoms with Gasteiger partial charge in [0.2, 0.25) is 0 Å². The van der Waals surface area contributed by atoms with Crippen molar-refractivity contribution in [3.05, 3.63) is 51.9 Å². The highest BCUT2D eigenvalue weighted by Crippen LogP contribution is 2.38. The van der Waals surface area contributed by atoms with Crippen LogP contribution < -0.4 is 10.9 Å². The molecule has 3 N–H and O–H groups in total. The lowest BCUT2D eigenvalue weighted by molar-refractivity contribution is 0.132. The largest absolute Gasteiger partial charge is 0.465 e. The van der Waals surface area contributed by atoms with Gasteiger partial charge in [-0.1, -0.05) is 18.9 Å². The summed E-state index contributed by atoms with van der Waals surface area (Å²) >= 11 is 0. The highest BCUT2D eigenvalue weighted by molar-refractivity contribution is 5.91. The molecule has 9 heteroatoms. The summed E-state index contributed by atoms with van der Waals surface area (Å²) in [5.41, 5.74) is 3.10. The molecule has 0 bridgehead atoms. The molecule has 3 aromatic rings. The molecule has 1 saturated carbocycles. The zero-order chi connectivity index (χ0) is 22.4. The minimum atomic E-state index is -0.945. The molecule has 9 nitrogen and oxygen atoms in total. The average Bonchev–Trinajstić information content (AvgIpc) is 3.32. The van der Waals surface area contributed by atoms with Gasteiger partial charge in [0.25, 0.3) is 5.56 Å². The van der Waals surface area contributed by atoms with Crippen molar-refractivity contribution >= 4 is 28.5 Å². The number of hydrogen-bond donors (Lipinski definition) is 3. The number of amides is 1. The zero-order valence-corrected chi connectivity index (χ0v) is 17.7. The molecule has 3 heterocycles. The lowest BCUT2D eigenvalue weighted by atomic mass is 9.85. The van der Waals surface area contributed by atoms with Gasteiger partial charge < -0.3 is 15.4 Å². The molecular weight excluding hydrogens is 408 g/mol. The van der Waals surface area contributed by atoms with Crippen LogP contribution >= 0.6 is 0 Å². The molecule has 164 valence electrons. The van der Waals surface area contributed by atoms with E-state index in [1.54, 1.807) is 6.20 Å². The Bertz CT molecular complexity index is 1300. The number of aromatic amines is 1. The number of nitrogens with one attached hydrogen (secondary N) is 2. The smallest absolute Gasteiger partial charge is 0.408 e. The van der Waals surface area contributed by atoms with Gasteiger partial charge >= 0.3 is 6.09 Å². The Morgan fingerprint density at radius 3 is 2.91 bits per heavy atom. The lowest BCUT2D eigenvalue weighted by Gasteiger charge is -2.27. The van der Waals surface area contributed by atoms with Gasteiger partial charge in [0.1, 0.15) is 5.39 Å². The monoisotopic (exact) mass is 432 g/mol. The van der Waals surface area contributed by atoms with Gasteiger partial charge in [0, 0.05) is 11.9 Å². The number of benzene rings is 1. The Morgan fingerprint density at radius 1 is 1.31 bits per heavy atom. The van der Waals surface area contributed by atoms with Crippen LogP contribution in [0.4, 0.5) is 16.3 Å².